The summed E-state index contributed by atoms with van der Waals surface area (Å²) in [6.45, 7) is 4.12. The average molecular weight is 133 g/mol. The molecule has 0 unspecified atom stereocenters. The van der Waals surface area contributed by atoms with Gasteiger partial charge in [0.1, 0.15) is 0 Å². The summed E-state index contributed by atoms with van der Waals surface area (Å²) in [7, 11) is 0. The first-order valence-electron chi connectivity index (χ1n) is 2.84. The van der Waals surface area contributed by atoms with Crippen molar-refractivity contribution >= 4 is 11.8 Å². The van der Waals surface area contributed by atoms with Gasteiger partial charge in [-0.3, -0.25) is 0 Å². The maximum Gasteiger partial charge on any atom is 0.0105 e. The van der Waals surface area contributed by atoms with Crippen molar-refractivity contribution < 1.29 is 0 Å². The second kappa shape index (κ2) is 3.36. The molecule has 0 aromatic rings. The summed E-state index contributed by atoms with van der Waals surface area (Å²) in [5, 5.41) is 0. The van der Waals surface area contributed by atoms with Gasteiger partial charge in [-0.2, -0.15) is 11.8 Å². The van der Waals surface area contributed by atoms with Crippen LogP contribution in [0.1, 0.15) is 20.3 Å². The van der Waals surface area contributed by atoms with Crippen LogP contribution in [0.4, 0.5) is 0 Å². The molecule has 0 aromatic carbocycles. The van der Waals surface area contributed by atoms with Gasteiger partial charge in [-0.15, -0.1) is 0 Å². The van der Waals surface area contributed by atoms with Crippen LogP contribution in [0.15, 0.2) is 0 Å². The molecule has 0 fully saturated rings. The van der Waals surface area contributed by atoms with Gasteiger partial charge in [0, 0.05) is 5.54 Å². The smallest absolute Gasteiger partial charge is 0.0105 e. The van der Waals surface area contributed by atoms with Crippen molar-refractivity contribution in [2.75, 3.05) is 12.0 Å². The van der Waals surface area contributed by atoms with Gasteiger partial charge in [-0.05, 0) is 32.3 Å². The quantitative estimate of drug-likeness (QED) is 0.631. The molecule has 0 bridgehead atoms. The minimum absolute atomic E-state index is 0.0308. The van der Waals surface area contributed by atoms with Gasteiger partial charge in [0.25, 0.3) is 0 Å². The van der Waals surface area contributed by atoms with Crippen LogP contribution in [0, 0.1) is 0 Å². The van der Waals surface area contributed by atoms with Gasteiger partial charge in [-0.1, -0.05) is 0 Å². The van der Waals surface area contributed by atoms with Gasteiger partial charge in [-0.25, -0.2) is 0 Å². The molecule has 0 aromatic heterocycles. The monoisotopic (exact) mass is 133 g/mol. The first-order valence-corrected chi connectivity index (χ1v) is 4.23. The zero-order valence-electron chi connectivity index (χ0n) is 5.90. The molecule has 2 heteroatoms. The Morgan fingerprint density at radius 2 is 2.00 bits per heavy atom. The summed E-state index contributed by atoms with van der Waals surface area (Å²) in [6.07, 6.45) is 3.21. The predicted molar refractivity (Wildman–Crippen MR) is 41.3 cm³/mol. The van der Waals surface area contributed by atoms with Crippen LogP contribution in [-0.2, 0) is 0 Å². The zero-order valence-corrected chi connectivity index (χ0v) is 6.72. The summed E-state index contributed by atoms with van der Waals surface area (Å²) in [6, 6.07) is 0. The molecule has 0 atom stereocenters. The SMILES string of the molecule is CSCCC(C)(C)N. The molecule has 0 aliphatic rings. The van der Waals surface area contributed by atoms with E-state index in [2.05, 4.69) is 20.1 Å². The molecule has 0 radical (unpaired) electrons. The Morgan fingerprint density at radius 1 is 1.50 bits per heavy atom. The van der Waals surface area contributed by atoms with E-state index in [1.165, 1.54) is 5.75 Å². The van der Waals surface area contributed by atoms with Gasteiger partial charge in [0.05, 0.1) is 0 Å². The van der Waals surface area contributed by atoms with E-state index in [1.807, 2.05) is 11.8 Å². The molecule has 0 spiro atoms. The van der Waals surface area contributed by atoms with E-state index in [9.17, 15) is 0 Å². The van der Waals surface area contributed by atoms with E-state index < -0.39 is 0 Å². The lowest BCUT2D eigenvalue weighted by Gasteiger charge is -2.16. The molecule has 2 N–H and O–H groups in total. The number of hydrogen-bond donors (Lipinski definition) is 1. The van der Waals surface area contributed by atoms with Gasteiger partial charge < -0.3 is 5.73 Å². The Bertz CT molecular complexity index is 56.0. The molecule has 50 valence electrons. The van der Waals surface area contributed by atoms with Crippen LogP contribution in [0.3, 0.4) is 0 Å². The van der Waals surface area contributed by atoms with Gasteiger partial charge >= 0.3 is 0 Å². The van der Waals surface area contributed by atoms with E-state index >= 15 is 0 Å². The molecule has 0 amide bonds. The third kappa shape index (κ3) is 6.31. The fourth-order valence-corrected chi connectivity index (χ4v) is 1.10. The van der Waals surface area contributed by atoms with E-state index in [0.29, 0.717) is 0 Å². The van der Waals surface area contributed by atoms with Crippen molar-refractivity contribution in [3.8, 4) is 0 Å². The molecule has 0 aliphatic carbocycles. The molecular weight excluding hydrogens is 118 g/mol. The number of nitrogens with two attached hydrogens (primary N) is 1. The highest BCUT2D eigenvalue weighted by Crippen LogP contribution is 2.07. The second-order valence-electron chi connectivity index (χ2n) is 2.73. The molecule has 8 heavy (non-hydrogen) atoms. The van der Waals surface area contributed by atoms with Crippen LogP contribution in [0.25, 0.3) is 0 Å². The normalized spacial score (nSPS) is 12.0. The minimum atomic E-state index is 0.0308. The standard InChI is InChI=1S/C6H15NS/c1-6(2,7)4-5-8-3/h4-5,7H2,1-3H3. The Balaban J connectivity index is 3.11. The third-order valence-electron chi connectivity index (χ3n) is 0.951. The van der Waals surface area contributed by atoms with E-state index in [0.717, 1.165) is 6.42 Å². The van der Waals surface area contributed by atoms with Crippen LogP contribution in [0.5, 0.6) is 0 Å². The van der Waals surface area contributed by atoms with Crippen molar-refractivity contribution in [3.05, 3.63) is 0 Å². The number of thioether (sulfide) groups is 1. The van der Waals surface area contributed by atoms with Crippen LogP contribution >= 0.6 is 11.8 Å². The summed E-state index contributed by atoms with van der Waals surface area (Å²) in [4.78, 5) is 0. The lowest BCUT2D eigenvalue weighted by molar-refractivity contribution is 0.506. The topological polar surface area (TPSA) is 26.0 Å². The zero-order chi connectivity index (χ0) is 6.62. The minimum Gasteiger partial charge on any atom is -0.326 e. The summed E-state index contributed by atoms with van der Waals surface area (Å²) in [5.74, 6) is 1.17. The van der Waals surface area contributed by atoms with E-state index in [4.69, 9.17) is 5.73 Å². The van der Waals surface area contributed by atoms with Gasteiger partial charge in [0.2, 0.25) is 0 Å². The molecule has 0 aliphatic heterocycles. The maximum atomic E-state index is 5.71. The molecule has 0 saturated heterocycles. The first-order chi connectivity index (χ1) is 3.56. The Labute approximate surface area is 56.0 Å². The third-order valence-corrected chi connectivity index (χ3v) is 1.56. The van der Waals surface area contributed by atoms with E-state index in [-0.39, 0.29) is 5.54 Å². The predicted octanol–water partition coefficient (Wildman–Crippen LogP) is 1.48. The molecule has 0 heterocycles. The van der Waals surface area contributed by atoms with Crippen LogP contribution in [0.2, 0.25) is 0 Å². The lowest BCUT2D eigenvalue weighted by Crippen LogP contribution is -2.32. The van der Waals surface area contributed by atoms with Crippen molar-refractivity contribution in [2.45, 2.75) is 25.8 Å². The van der Waals surface area contributed by atoms with Crippen molar-refractivity contribution in [2.24, 2.45) is 5.73 Å². The largest absolute Gasteiger partial charge is 0.326 e. The van der Waals surface area contributed by atoms with Crippen molar-refractivity contribution in [3.63, 3.8) is 0 Å². The Morgan fingerprint density at radius 3 is 2.12 bits per heavy atom. The van der Waals surface area contributed by atoms with Gasteiger partial charge in [0.15, 0.2) is 0 Å². The fraction of sp³-hybridized carbons (Fsp3) is 1.00. The van der Waals surface area contributed by atoms with Crippen LogP contribution in [-0.4, -0.2) is 17.5 Å². The lowest BCUT2D eigenvalue weighted by atomic mass is 10.0. The highest BCUT2D eigenvalue weighted by atomic mass is 32.2. The summed E-state index contributed by atoms with van der Waals surface area (Å²) in [5.41, 5.74) is 5.74. The highest BCUT2D eigenvalue weighted by Gasteiger charge is 2.07. The van der Waals surface area contributed by atoms with E-state index in [1.54, 1.807) is 0 Å². The second-order valence-corrected chi connectivity index (χ2v) is 3.72. The van der Waals surface area contributed by atoms with Crippen LogP contribution < -0.4 is 5.73 Å². The average Bonchev–Trinajstić information content (AvgIpc) is 1.59. The molecule has 0 rings (SSSR count). The fourth-order valence-electron chi connectivity index (χ4n) is 0.365. The molecule has 0 saturated carbocycles. The Hall–Kier alpha value is 0.310. The number of rotatable bonds is 3. The van der Waals surface area contributed by atoms with Crippen molar-refractivity contribution in [1.29, 1.82) is 0 Å². The summed E-state index contributed by atoms with van der Waals surface area (Å²) < 4.78 is 0. The molecule has 1 nitrogen and oxygen atoms in total. The molecular formula is C6H15NS. The first kappa shape index (κ1) is 8.31. The van der Waals surface area contributed by atoms with Crippen molar-refractivity contribution in [1.82, 2.24) is 0 Å². The number of hydrogen-bond acceptors (Lipinski definition) is 2. The maximum absolute atomic E-state index is 5.71. The Kier molecular flexibility index (Phi) is 3.49. The summed E-state index contributed by atoms with van der Waals surface area (Å²) >= 11 is 1.85. The highest BCUT2D eigenvalue weighted by molar-refractivity contribution is 7.98.